The van der Waals surface area contributed by atoms with Gasteiger partial charge in [-0.25, -0.2) is 16.8 Å². The number of rotatable bonds is 26. The molecule has 0 radical (unpaired) electrons. The molecule has 0 saturated heterocycles. The fourth-order valence-corrected chi connectivity index (χ4v) is 6.55. The summed E-state index contributed by atoms with van der Waals surface area (Å²) < 4.78 is 65.4. The largest absolute Gasteiger partial charge is 2.00 e. The number of hydrogen-bond donors (Lipinski definition) is 0. The predicted molar refractivity (Wildman–Crippen MR) is 166 cm³/mol. The molecule has 0 saturated carbocycles. The second kappa shape index (κ2) is 30.8. The minimum atomic E-state index is -4.08. The third-order valence-electron chi connectivity index (χ3n) is 7.49. The van der Waals surface area contributed by atoms with Crippen LogP contribution < -0.4 is 0 Å². The Morgan fingerprint density at radius 2 is 0.615 bits per heavy atom. The first-order valence-electron chi connectivity index (χ1n) is 15.9. The SMILES string of the molecule is CCCCCCCCCCCCC(CC)S(=O)(=O)[O-].CCCCCCCCCCCCC(CC)S(=O)(=O)[O-].[Ba+2]. The molecule has 0 amide bonds. The van der Waals surface area contributed by atoms with Gasteiger partial charge in [0, 0.05) is 10.5 Å². The third kappa shape index (κ3) is 32.1. The maximum Gasteiger partial charge on any atom is 2.00 e. The van der Waals surface area contributed by atoms with E-state index in [0.717, 1.165) is 25.7 Å². The van der Waals surface area contributed by atoms with Crippen molar-refractivity contribution in [1.82, 2.24) is 0 Å². The molecule has 0 aromatic heterocycles. The summed E-state index contributed by atoms with van der Waals surface area (Å²) in [5.74, 6) is 0. The van der Waals surface area contributed by atoms with Crippen LogP contribution in [-0.4, -0.2) is 85.3 Å². The quantitative estimate of drug-likeness (QED) is 0.0501. The Labute approximate surface area is 284 Å². The molecule has 2 unspecified atom stereocenters. The van der Waals surface area contributed by atoms with Gasteiger partial charge in [0.15, 0.2) is 0 Å². The molecule has 39 heavy (non-hydrogen) atoms. The van der Waals surface area contributed by atoms with Crippen LogP contribution in [0.5, 0.6) is 0 Å². The zero-order chi connectivity index (χ0) is 29.1. The summed E-state index contributed by atoms with van der Waals surface area (Å²) >= 11 is 0. The zero-order valence-corrected chi connectivity index (χ0v) is 32.2. The maximum atomic E-state index is 10.9. The predicted octanol–water partition coefficient (Wildman–Crippen LogP) is 8.86. The smallest absolute Gasteiger partial charge is 0.748 e. The Hall–Kier alpha value is 1.39. The molecule has 0 aromatic rings. The first-order chi connectivity index (χ1) is 18.0. The summed E-state index contributed by atoms with van der Waals surface area (Å²) in [4.78, 5) is 0. The van der Waals surface area contributed by atoms with Gasteiger partial charge >= 0.3 is 48.9 Å². The molecule has 2 atom stereocenters. The van der Waals surface area contributed by atoms with Gasteiger partial charge in [-0.15, -0.1) is 0 Å². The summed E-state index contributed by atoms with van der Waals surface area (Å²) in [5, 5.41) is -1.33. The molecule has 0 heterocycles. The second-order valence-corrected chi connectivity index (χ2v) is 14.3. The maximum absolute atomic E-state index is 10.9. The molecule has 0 spiro atoms. The molecule has 0 fully saturated rings. The van der Waals surface area contributed by atoms with E-state index in [1.807, 2.05) is 0 Å². The van der Waals surface area contributed by atoms with Gasteiger partial charge in [0.05, 0.1) is 20.2 Å². The van der Waals surface area contributed by atoms with E-state index in [0.29, 0.717) is 25.7 Å². The van der Waals surface area contributed by atoms with Crippen LogP contribution >= 0.6 is 0 Å². The van der Waals surface area contributed by atoms with E-state index in [-0.39, 0.29) is 48.9 Å². The van der Waals surface area contributed by atoms with Gasteiger partial charge < -0.3 is 9.11 Å². The second-order valence-electron chi connectivity index (χ2n) is 11.0. The van der Waals surface area contributed by atoms with Gasteiger partial charge in [-0.1, -0.05) is 156 Å². The third-order valence-corrected chi connectivity index (χ3v) is 10.3. The standard InChI is InChI=1S/2C15H32O3S.Ba/c2*1-3-5-6-7-8-9-10-11-12-13-14-15(4-2)19(16,17)18;/h2*15H,3-14H2,1-2H3,(H,16,17,18);/q;;+2/p-2. The summed E-state index contributed by atoms with van der Waals surface area (Å²) in [6.07, 6.45) is 26.6. The fourth-order valence-electron chi connectivity index (χ4n) is 4.82. The van der Waals surface area contributed by atoms with Crippen molar-refractivity contribution in [2.75, 3.05) is 0 Å². The van der Waals surface area contributed by atoms with Gasteiger partial charge in [0.1, 0.15) is 0 Å². The Bertz CT molecular complexity index is 638. The van der Waals surface area contributed by atoms with Gasteiger partial charge in [-0.2, -0.15) is 0 Å². The summed E-state index contributed by atoms with van der Waals surface area (Å²) in [6, 6.07) is 0. The van der Waals surface area contributed by atoms with Crippen molar-refractivity contribution in [3.8, 4) is 0 Å². The number of hydrogen-bond acceptors (Lipinski definition) is 6. The van der Waals surface area contributed by atoms with Crippen LogP contribution in [0.15, 0.2) is 0 Å². The fraction of sp³-hybridized carbons (Fsp3) is 1.00. The molecule has 0 bridgehead atoms. The van der Waals surface area contributed by atoms with Crippen LogP contribution in [0.3, 0.4) is 0 Å². The van der Waals surface area contributed by atoms with Gasteiger partial charge in [-0.05, 0) is 25.7 Å². The summed E-state index contributed by atoms with van der Waals surface area (Å²) in [7, 11) is -8.15. The monoisotopic (exact) mass is 720 g/mol. The van der Waals surface area contributed by atoms with Crippen molar-refractivity contribution in [2.45, 2.75) is 192 Å². The van der Waals surface area contributed by atoms with Crippen LogP contribution in [0.2, 0.25) is 0 Å². The topological polar surface area (TPSA) is 114 Å². The van der Waals surface area contributed by atoms with E-state index in [1.165, 1.54) is 103 Å². The van der Waals surface area contributed by atoms with Crippen molar-refractivity contribution >= 4 is 69.1 Å². The average Bonchev–Trinajstić information content (AvgIpc) is 2.85. The van der Waals surface area contributed by atoms with Gasteiger partial charge in [0.25, 0.3) is 0 Å². The van der Waals surface area contributed by atoms with E-state index in [9.17, 15) is 25.9 Å². The van der Waals surface area contributed by atoms with E-state index in [1.54, 1.807) is 13.8 Å². The van der Waals surface area contributed by atoms with Crippen molar-refractivity contribution in [3.05, 3.63) is 0 Å². The van der Waals surface area contributed by atoms with E-state index < -0.39 is 30.7 Å². The molecule has 0 aliphatic carbocycles. The van der Waals surface area contributed by atoms with Crippen molar-refractivity contribution in [2.24, 2.45) is 0 Å². The molecule has 0 rings (SSSR count). The Morgan fingerprint density at radius 3 is 0.795 bits per heavy atom. The zero-order valence-electron chi connectivity index (χ0n) is 26.1. The summed E-state index contributed by atoms with van der Waals surface area (Å²) in [6.45, 7) is 8.00. The molecule has 0 aromatic carbocycles. The minimum Gasteiger partial charge on any atom is -0.748 e. The van der Waals surface area contributed by atoms with E-state index >= 15 is 0 Å². The Balaban J connectivity index is -0.000000648. The molecule has 0 N–H and O–H groups in total. The van der Waals surface area contributed by atoms with Crippen LogP contribution in [0.25, 0.3) is 0 Å². The van der Waals surface area contributed by atoms with Crippen LogP contribution in [0.4, 0.5) is 0 Å². The molecular formula is C30H62BaO6S2. The normalized spacial score (nSPS) is 13.3. The summed E-state index contributed by atoms with van der Waals surface area (Å²) in [5.41, 5.74) is 0. The molecule has 6 nitrogen and oxygen atoms in total. The van der Waals surface area contributed by atoms with Crippen molar-refractivity contribution in [1.29, 1.82) is 0 Å². The van der Waals surface area contributed by atoms with E-state index in [4.69, 9.17) is 0 Å². The molecular weight excluding hydrogens is 658 g/mol. The first-order valence-corrected chi connectivity index (χ1v) is 18.9. The van der Waals surface area contributed by atoms with Gasteiger partial charge in [0.2, 0.25) is 0 Å². The van der Waals surface area contributed by atoms with Crippen LogP contribution in [-0.2, 0) is 20.2 Å². The molecule has 0 aliphatic rings. The van der Waals surface area contributed by atoms with Crippen molar-refractivity contribution in [3.63, 3.8) is 0 Å². The average molecular weight is 720 g/mol. The Kier molecular flexibility index (Phi) is 35.4. The molecule has 232 valence electrons. The Morgan fingerprint density at radius 1 is 0.410 bits per heavy atom. The van der Waals surface area contributed by atoms with Crippen LogP contribution in [0, 0.1) is 0 Å². The van der Waals surface area contributed by atoms with Crippen LogP contribution in [0.1, 0.15) is 182 Å². The minimum absolute atomic E-state index is 0. The number of unbranched alkanes of at least 4 members (excludes halogenated alkanes) is 18. The van der Waals surface area contributed by atoms with Crippen molar-refractivity contribution < 1.29 is 25.9 Å². The van der Waals surface area contributed by atoms with Gasteiger partial charge in [-0.3, -0.25) is 0 Å². The first kappa shape index (κ1) is 44.8. The molecule has 9 heteroatoms. The van der Waals surface area contributed by atoms with E-state index in [2.05, 4.69) is 13.8 Å². The molecule has 0 aliphatic heterocycles.